The molecular formula is C56H40N+. The maximum atomic E-state index is 2.49. The number of benzene rings is 10. The summed E-state index contributed by atoms with van der Waals surface area (Å²) in [6.45, 7) is 3.70. The van der Waals surface area contributed by atoms with Crippen molar-refractivity contribution in [1.82, 2.24) is 0 Å². The number of rotatable bonds is 2. The van der Waals surface area contributed by atoms with Crippen LogP contribution >= 0.6 is 0 Å². The van der Waals surface area contributed by atoms with Crippen molar-refractivity contribution in [2.45, 2.75) is 26.2 Å². The van der Waals surface area contributed by atoms with Crippen LogP contribution in [0.15, 0.2) is 194 Å². The summed E-state index contributed by atoms with van der Waals surface area (Å²) in [5.74, 6) is 0. The van der Waals surface area contributed by atoms with Crippen LogP contribution in [-0.2, 0) is 26.2 Å². The normalized spacial score (nSPS) is 14.2. The largest absolute Gasteiger partial charge is 0.309 e. The molecule has 0 atom stereocenters. The van der Waals surface area contributed by atoms with Gasteiger partial charge in [-0.3, -0.25) is 0 Å². The predicted molar refractivity (Wildman–Crippen MR) is 240 cm³/mol. The molecule has 0 N–H and O–H groups in total. The summed E-state index contributed by atoms with van der Waals surface area (Å²) in [4.78, 5) is 0. The highest BCUT2D eigenvalue weighted by atomic mass is 15.4. The SMILES string of the molecule is c1ccc2c(c1)C[N+]1(Cc3ccccc3-2)Cc2c(-c3ccc4ccccc4c3)cc3ccccc3c2-c2c(c(-c3ccc4ccccc4c3)cc3ccccc23)C1. The van der Waals surface area contributed by atoms with Crippen LogP contribution < -0.4 is 0 Å². The molecule has 268 valence electrons. The topological polar surface area (TPSA) is 0 Å². The molecule has 0 unspecified atom stereocenters. The van der Waals surface area contributed by atoms with E-state index in [0.717, 1.165) is 30.7 Å². The second-order valence-electron chi connectivity index (χ2n) is 16.4. The maximum Gasteiger partial charge on any atom is 0.106 e. The fourth-order valence-electron chi connectivity index (χ4n) is 10.5. The first-order chi connectivity index (χ1) is 28.2. The van der Waals surface area contributed by atoms with Gasteiger partial charge in [0.2, 0.25) is 0 Å². The zero-order valence-corrected chi connectivity index (χ0v) is 31.8. The first-order valence-corrected chi connectivity index (χ1v) is 20.3. The van der Waals surface area contributed by atoms with E-state index in [1.54, 1.807) is 0 Å². The van der Waals surface area contributed by atoms with E-state index in [-0.39, 0.29) is 0 Å². The molecule has 0 saturated heterocycles. The Kier molecular flexibility index (Phi) is 7.18. The number of hydrogen-bond acceptors (Lipinski definition) is 0. The Morgan fingerprint density at radius 1 is 0.281 bits per heavy atom. The minimum Gasteiger partial charge on any atom is -0.309 e. The van der Waals surface area contributed by atoms with Gasteiger partial charge in [-0.1, -0.05) is 170 Å². The minimum absolute atomic E-state index is 0.895. The Balaban J connectivity index is 1.24. The summed E-state index contributed by atoms with van der Waals surface area (Å²) in [6.07, 6.45) is 0. The second kappa shape index (κ2) is 12.6. The molecule has 2 aliphatic heterocycles. The van der Waals surface area contributed by atoms with Crippen LogP contribution in [0.4, 0.5) is 0 Å². The van der Waals surface area contributed by atoms with Gasteiger partial charge < -0.3 is 4.48 Å². The predicted octanol–water partition coefficient (Wildman–Crippen LogP) is 14.5. The molecule has 0 fully saturated rings. The molecule has 57 heavy (non-hydrogen) atoms. The van der Waals surface area contributed by atoms with Crippen molar-refractivity contribution < 1.29 is 4.48 Å². The zero-order chi connectivity index (χ0) is 37.5. The van der Waals surface area contributed by atoms with E-state index in [4.69, 9.17) is 0 Å². The van der Waals surface area contributed by atoms with Gasteiger partial charge in [0, 0.05) is 33.4 Å². The molecule has 0 bridgehead atoms. The molecular weight excluding hydrogens is 687 g/mol. The Morgan fingerprint density at radius 3 is 1.14 bits per heavy atom. The van der Waals surface area contributed by atoms with Gasteiger partial charge in [0.15, 0.2) is 0 Å². The smallest absolute Gasteiger partial charge is 0.106 e. The first-order valence-electron chi connectivity index (χ1n) is 20.3. The fraction of sp³-hybridized carbons (Fsp3) is 0.0714. The van der Waals surface area contributed by atoms with E-state index in [1.165, 1.54) is 110 Å². The fourth-order valence-corrected chi connectivity index (χ4v) is 10.5. The third kappa shape index (κ3) is 5.20. The minimum atomic E-state index is 0.895. The lowest BCUT2D eigenvalue weighted by Crippen LogP contribution is -2.44. The second-order valence-corrected chi connectivity index (χ2v) is 16.4. The lowest BCUT2D eigenvalue weighted by molar-refractivity contribution is -0.977. The van der Waals surface area contributed by atoms with E-state index in [1.807, 2.05) is 0 Å². The number of nitrogens with zero attached hydrogens (tertiary/aromatic N) is 1. The van der Waals surface area contributed by atoms with Gasteiger partial charge in [0.25, 0.3) is 0 Å². The molecule has 10 aromatic rings. The molecule has 1 heteroatoms. The van der Waals surface area contributed by atoms with Gasteiger partial charge in [0.05, 0.1) is 0 Å². The molecule has 0 amide bonds. The maximum absolute atomic E-state index is 2.49. The molecule has 0 aromatic heterocycles. The van der Waals surface area contributed by atoms with Gasteiger partial charge in [-0.25, -0.2) is 0 Å². The van der Waals surface area contributed by atoms with Crippen LogP contribution in [0, 0.1) is 0 Å². The summed E-state index contributed by atoms with van der Waals surface area (Å²) < 4.78 is 0.895. The Labute approximate surface area is 333 Å². The molecule has 2 heterocycles. The van der Waals surface area contributed by atoms with Crippen molar-refractivity contribution in [2.24, 2.45) is 0 Å². The van der Waals surface area contributed by atoms with Crippen molar-refractivity contribution >= 4 is 43.1 Å². The summed E-state index contributed by atoms with van der Waals surface area (Å²) in [6, 6.07) is 73.4. The standard InChI is InChI=1S/C56H40N/c1-3-15-39-29-43(27-25-37(39)13-1)51-31-41-17-5-11-23-49(41)55-53(51)35-57(33-45-19-7-9-21-47(45)48-22-10-8-20-46(48)34-57)36-54-52(32-42-18-6-12-24-50(42)56(54)55)44-28-26-38-14-2-4-16-40(38)30-44/h1-32H,33-36H2/q+1. The molecule has 0 aliphatic carbocycles. The van der Waals surface area contributed by atoms with E-state index in [2.05, 4.69) is 194 Å². The van der Waals surface area contributed by atoms with Crippen LogP contribution in [0.3, 0.4) is 0 Å². The third-order valence-corrected chi connectivity index (χ3v) is 13.0. The van der Waals surface area contributed by atoms with E-state index < -0.39 is 0 Å². The number of fused-ring (bicyclic) bond motifs is 12. The highest BCUT2D eigenvalue weighted by Gasteiger charge is 2.40. The summed E-state index contributed by atoms with van der Waals surface area (Å²) in [5.41, 5.74) is 16.5. The van der Waals surface area contributed by atoms with Gasteiger partial charge in [0.1, 0.15) is 26.2 Å². The van der Waals surface area contributed by atoms with E-state index in [9.17, 15) is 0 Å². The summed E-state index contributed by atoms with van der Waals surface area (Å²) in [5, 5.41) is 10.3. The Hall–Kier alpha value is -6.80. The highest BCUT2D eigenvalue weighted by molar-refractivity contribution is 6.12. The monoisotopic (exact) mass is 726 g/mol. The van der Waals surface area contributed by atoms with Gasteiger partial charge in [-0.15, -0.1) is 0 Å². The van der Waals surface area contributed by atoms with E-state index in [0.29, 0.717) is 0 Å². The highest BCUT2D eigenvalue weighted by Crippen LogP contribution is 2.52. The molecule has 0 radical (unpaired) electrons. The average molecular weight is 727 g/mol. The van der Waals surface area contributed by atoms with Gasteiger partial charge >= 0.3 is 0 Å². The Bertz CT molecular complexity index is 3040. The molecule has 2 aliphatic rings. The van der Waals surface area contributed by atoms with Crippen LogP contribution in [0.5, 0.6) is 0 Å². The third-order valence-electron chi connectivity index (χ3n) is 13.0. The zero-order valence-electron chi connectivity index (χ0n) is 31.8. The molecule has 0 saturated carbocycles. The molecule has 1 spiro atoms. The number of hydrogen-bond donors (Lipinski definition) is 0. The summed E-state index contributed by atoms with van der Waals surface area (Å²) in [7, 11) is 0. The first kappa shape index (κ1) is 32.4. The van der Waals surface area contributed by atoms with Crippen LogP contribution in [0.25, 0.3) is 87.6 Å². The Morgan fingerprint density at radius 2 is 0.667 bits per heavy atom. The van der Waals surface area contributed by atoms with Crippen molar-refractivity contribution in [3.63, 3.8) is 0 Å². The summed E-state index contributed by atoms with van der Waals surface area (Å²) >= 11 is 0. The molecule has 12 rings (SSSR count). The van der Waals surface area contributed by atoms with Crippen LogP contribution in [-0.4, -0.2) is 4.48 Å². The number of quaternary nitrogens is 1. The van der Waals surface area contributed by atoms with Crippen molar-refractivity contribution in [3.05, 3.63) is 216 Å². The van der Waals surface area contributed by atoms with Crippen LogP contribution in [0.1, 0.15) is 22.3 Å². The molecule has 1 nitrogen and oxygen atoms in total. The quantitative estimate of drug-likeness (QED) is 0.156. The molecule has 10 aromatic carbocycles. The van der Waals surface area contributed by atoms with E-state index >= 15 is 0 Å². The van der Waals surface area contributed by atoms with Crippen molar-refractivity contribution in [3.8, 4) is 44.5 Å². The lowest BCUT2D eigenvalue weighted by atomic mass is 9.82. The van der Waals surface area contributed by atoms with Crippen molar-refractivity contribution in [1.29, 1.82) is 0 Å². The van der Waals surface area contributed by atoms with Crippen LogP contribution in [0.2, 0.25) is 0 Å². The average Bonchev–Trinajstić information content (AvgIpc) is 3.50. The van der Waals surface area contributed by atoms with Crippen molar-refractivity contribution in [2.75, 3.05) is 0 Å². The lowest BCUT2D eigenvalue weighted by Gasteiger charge is -2.38. The van der Waals surface area contributed by atoms with Gasteiger partial charge in [-0.05, 0) is 101 Å². The van der Waals surface area contributed by atoms with Gasteiger partial charge in [-0.2, -0.15) is 0 Å².